The normalized spacial score (nSPS) is 30.6. The second-order valence-electron chi connectivity index (χ2n) is 21.8. The number of allylic oxidation sites excluding steroid dienone is 7. The summed E-state index contributed by atoms with van der Waals surface area (Å²) < 4.78 is 34.1. The van der Waals surface area contributed by atoms with E-state index in [1.165, 1.54) is 122 Å². The van der Waals surface area contributed by atoms with Crippen molar-refractivity contribution in [1.29, 1.82) is 0 Å². The van der Waals surface area contributed by atoms with E-state index in [2.05, 4.69) is 42.6 Å². The van der Waals surface area contributed by atoms with Gasteiger partial charge in [0.05, 0.1) is 38.6 Å². The molecule has 0 spiro atoms. The molecule has 17 unspecified atom stereocenters. The molecule has 460 valence electrons. The lowest BCUT2D eigenvalue weighted by atomic mass is 9.96. The fourth-order valence-corrected chi connectivity index (χ4v) is 10.2. The molecule has 3 rings (SSSR count). The zero-order chi connectivity index (χ0) is 57.6. The van der Waals surface area contributed by atoms with Gasteiger partial charge in [-0.1, -0.05) is 171 Å². The van der Waals surface area contributed by atoms with Crippen LogP contribution < -0.4 is 5.32 Å². The number of rotatable bonds is 44. The summed E-state index contributed by atoms with van der Waals surface area (Å²) in [5, 5.41) is 120. The van der Waals surface area contributed by atoms with Gasteiger partial charge in [-0.05, 0) is 64.7 Å². The quantitative estimate of drug-likeness (QED) is 0.0265. The van der Waals surface area contributed by atoms with Crippen LogP contribution in [-0.4, -0.2) is 193 Å². The van der Waals surface area contributed by atoms with E-state index >= 15 is 0 Å². The van der Waals surface area contributed by atoms with Crippen LogP contribution in [0.15, 0.2) is 48.6 Å². The monoisotopic (exact) mass is 1130 g/mol. The van der Waals surface area contributed by atoms with E-state index in [0.717, 1.165) is 38.5 Å². The van der Waals surface area contributed by atoms with Gasteiger partial charge in [0.1, 0.15) is 73.2 Å². The summed E-state index contributed by atoms with van der Waals surface area (Å²) in [5.41, 5.74) is 0. The van der Waals surface area contributed by atoms with Crippen LogP contribution in [0.5, 0.6) is 0 Å². The summed E-state index contributed by atoms with van der Waals surface area (Å²) in [6.45, 7) is 1.44. The Bertz CT molecular complexity index is 1630. The number of nitrogens with one attached hydrogen (secondary N) is 1. The summed E-state index contributed by atoms with van der Waals surface area (Å²) >= 11 is 0. The number of aliphatic hydroxyl groups excluding tert-OH is 11. The Morgan fingerprint density at radius 2 is 0.861 bits per heavy atom. The predicted octanol–water partition coefficient (Wildman–Crippen LogP) is 5.48. The second kappa shape index (κ2) is 43.4. The minimum absolute atomic E-state index is 0.231. The van der Waals surface area contributed by atoms with Crippen molar-refractivity contribution in [3.63, 3.8) is 0 Å². The molecule has 3 aliphatic heterocycles. The molecule has 0 saturated carbocycles. The minimum atomic E-state index is -1.98. The standard InChI is InChI=1S/C60H107NO18/c1-3-5-7-9-11-13-14-15-16-17-18-19-20-21-22-23-24-25-26-27-28-30-32-34-36-38-48(66)61-43(44(65)37-35-33-31-29-12-10-8-6-4-2)42-74-58-54(72)51(69)56(46(40-63)76-58)79-60-55(73)52(70)57(47(41-64)77-60)78-59-53(71)50(68)49(67)45(39-62)75-59/h4,6,12,17-18,29,35,37,43-47,49-60,62-65,67-73H,3,5,7-11,13-16,19-28,30-34,36,38-42H2,1-2H3,(H,61,66)/b6-4+,18-17-,29-12+,37-35+. The van der Waals surface area contributed by atoms with Gasteiger partial charge in [0.25, 0.3) is 0 Å². The Morgan fingerprint density at radius 1 is 0.468 bits per heavy atom. The van der Waals surface area contributed by atoms with Gasteiger partial charge in [0.2, 0.25) is 5.91 Å². The minimum Gasteiger partial charge on any atom is -0.394 e. The number of aliphatic hydroxyl groups is 11. The first-order chi connectivity index (χ1) is 38.3. The smallest absolute Gasteiger partial charge is 0.220 e. The van der Waals surface area contributed by atoms with Crippen molar-refractivity contribution in [2.75, 3.05) is 26.4 Å². The van der Waals surface area contributed by atoms with Crippen LogP contribution in [0.4, 0.5) is 0 Å². The maximum absolute atomic E-state index is 13.3. The molecule has 3 fully saturated rings. The highest BCUT2D eigenvalue weighted by Crippen LogP contribution is 2.33. The fourth-order valence-electron chi connectivity index (χ4n) is 10.2. The Morgan fingerprint density at radius 3 is 1.34 bits per heavy atom. The fraction of sp³-hybridized carbons (Fsp3) is 0.850. The largest absolute Gasteiger partial charge is 0.394 e. The lowest BCUT2D eigenvalue weighted by Gasteiger charge is -2.48. The molecule has 19 nitrogen and oxygen atoms in total. The summed E-state index contributed by atoms with van der Waals surface area (Å²) in [6, 6.07) is -0.994. The van der Waals surface area contributed by atoms with Crippen molar-refractivity contribution in [3.8, 4) is 0 Å². The number of ether oxygens (including phenoxy) is 6. The molecule has 12 N–H and O–H groups in total. The van der Waals surface area contributed by atoms with Gasteiger partial charge in [-0.3, -0.25) is 4.79 Å². The van der Waals surface area contributed by atoms with E-state index in [1.54, 1.807) is 6.08 Å². The van der Waals surface area contributed by atoms with Crippen LogP contribution in [0.25, 0.3) is 0 Å². The summed E-state index contributed by atoms with van der Waals surface area (Å²) in [4.78, 5) is 13.3. The van der Waals surface area contributed by atoms with E-state index < -0.39 is 124 Å². The van der Waals surface area contributed by atoms with Crippen molar-refractivity contribution in [2.24, 2.45) is 0 Å². The van der Waals surface area contributed by atoms with E-state index in [9.17, 15) is 61.0 Å². The van der Waals surface area contributed by atoms with Gasteiger partial charge in [0.15, 0.2) is 18.9 Å². The molecule has 19 heteroatoms. The molecule has 79 heavy (non-hydrogen) atoms. The topological polar surface area (TPSA) is 307 Å². The van der Waals surface area contributed by atoms with E-state index in [0.29, 0.717) is 12.8 Å². The maximum Gasteiger partial charge on any atom is 0.220 e. The van der Waals surface area contributed by atoms with Crippen molar-refractivity contribution < 1.29 is 89.4 Å². The van der Waals surface area contributed by atoms with Crippen LogP contribution in [0.2, 0.25) is 0 Å². The highest BCUT2D eigenvalue weighted by Gasteiger charge is 2.53. The predicted molar refractivity (Wildman–Crippen MR) is 300 cm³/mol. The lowest BCUT2D eigenvalue weighted by molar-refractivity contribution is -0.379. The average molecular weight is 1130 g/mol. The molecular formula is C60H107NO18. The first-order valence-electron chi connectivity index (χ1n) is 30.4. The Hall–Kier alpha value is -2.25. The maximum atomic E-state index is 13.3. The van der Waals surface area contributed by atoms with Gasteiger partial charge in [0, 0.05) is 6.42 Å². The van der Waals surface area contributed by atoms with Crippen LogP contribution in [0, 0.1) is 0 Å². The number of carbonyl (C=O) groups is 1. The highest BCUT2D eigenvalue weighted by molar-refractivity contribution is 5.76. The Kier molecular flexibility index (Phi) is 39.0. The second-order valence-corrected chi connectivity index (χ2v) is 21.8. The molecule has 0 aromatic carbocycles. The molecule has 3 aliphatic rings. The van der Waals surface area contributed by atoms with Gasteiger partial charge < -0.3 is 89.9 Å². The van der Waals surface area contributed by atoms with E-state index in [-0.39, 0.29) is 18.9 Å². The van der Waals surface area contributed by atoms with Crippen molar-refractivity contribution in [1.82, 2.24) is 5.32 Å². The van der Waals surface area contributed by atoms with E-state index in [4.69, 9.17) is 28.4 Å². The molecule has 17 atom stereocenters. The van der Waals surface area contributed by atoms with E-state index in [1.807, 2.05) is 19.1 Å². The molecule has 3 saturated heterocycles. The number of carbonyl (C=O) groups excluding carboxylic acids is 1. The van der Waals surface area contributed by atoms with Crippen LogP contribution >= 0.6 is 0 Å². The number of amides is 1. The average Bonchev–Trinajstić information content (AvgIpc) is 3.44. The SMILES string of the molecule is C/C=C/CC/C=C/CC/C=C/C(O)C(COC1OC(CO)C(OC2OC(CO)C(OC3OC(CO)C(O)C(O)C3O)C(O)C2O)C(O)C1O)NC(=O)CCCCCCCCCCCCCCC/C=C\CCCCCCCCCC. The summed E-state index contributed by atoms with van der Waals surface area (Å²) in [7, 11) is 0. The molecule has 1 amide bonds. The molecule has 0 aromatic heterocycles. The Labute approximate surface area is 472 Å². The van der Waals surface area contributed by atoms with Crippen LogP contribution in [0.1, 0.15) is 194 Å². The van der Waals surface area contributed by atoms with Gasteiger partial charge >= 0.3 is 0 Å². The van der Waals surface area contributed by atoms with Gasteiger partial charge in [-0.25, -0.2) is 0 Å². The molecule has 3 heterocycles. The number of hydrogen-bond donors (Lipinski definition) is 12. The Balaban J connectivity index is 1.42. The molecule has 0 radical (unpaired) electrons. The zero-order valence-electron chi connectivity index (χ0n) is 47.8. The van der Waals surface area contributed by atoms with Crippen molar-refractivity contribution in [2.45, 2.75) is 298 Å². The number of unbranched alkanes of at least 4 members (excludes halogenated alkanes) is 23. The number of hydrogen-bond acceptors (Lipinski definition) is 18. The van der Waals surface area contributed by atoms with Crippen LogP contribution in [0.3, 0.4) is 0 Å². The molecule has 0 aliphatic carbocycles. The van der Waals surface area contributed by atoms with Crippen molar-refractivity contribution in [3.05, 3.63) is 48.6 Å². The summed E-state index contributed by atoms with van der Waals surface area (Å²) in [5.74, 6) is -0.294. The molecule has 0 aromatic rings. The zero-order valence-corrected chi connectivity index (χ0v) is 47.8. The first kappa shape index (κ1) is 71.0. The first-order valence-corrected chi connectivity index (χ1v) is 30.4. The third-order valence-corrected chi connectivity index (χ3v) is 15.2. The van der Waals surface area contributed by atoms with Gasteiger partial charge in [-0.15, -0.1) is 0 Å². The molecular weight excluding hydrogens is 1020 g/mol. The van der Waals surface area contributed by atoms with Crippen LogP contribution in [-0.2, 0) is 33.2 Å². The molecule has 0 bridgehead atoms. The van der Waals surface area contributed by atoms with Gasteiger partial charge in [-0.2, -0.15) is 0 Å². The summed E-state index contributed by atoms with van der Waals surface area (Å²) in [6.07, 6.45) is 21.5. The third-order valence-electron chi connectivity index (χ3n) is 15.2. The highest BCUT2D eigenvalue weighted by atomic mass is 16.8. The third kappa shape index (κ3) is 27.3. The lowest BCUT2D eigenvalue weighted by Crippen LogP contribution is -2.66. The van der Waals surface area contributed by atoms with Crippen molar-refractivity contribution >= 4 is 5.91 Å².